The number of nitrogens with one attached hydrogen (secondary N) is 3. The van der Waals surface area contributed by atoms with Crippen molar-refractivity contribution in [2.75, 3.05) is 43.6 Å². The van der Waals surface area contributed by atoms with Gasteiger partial charge in [-0.2, -0.15) is 18.2 Å². The third kappa shape index (κ3) is 12.1. The molecule has 0 bridgehead atoms. The number of aromatic nitrogens is 2. The Balaban J connectivity index is 0.000000860. The summed E-state index contributed by atoms with van der Waals surface area (Å²) in [7, 11) is 5.58. The Morgan fingerprint density at radius 3 is 2.25 bits per heavy atom. The van der Waals surface area contributed by atoms with Crippen LogP contribution in [-0.2, 0) is 0 Å². The lowest BCUT2D eigenvalue weighted by Gasteiger charge is -2.15. The van der Waals surface area contributed by atoms with E-state index in [9.17, 15) is 22.0 Å². The molecule has 0 spiro atoms. The van der Waals surface area contributed by atoms with Gasteiger partial charge in [-0.3, -0.25) is 4.99 Å². The number of nitrogens with two attached hydrogens (primary N) is 1. The molecule has 0 radical (unpaired) electrons. The van der Waals surface area contributed by atoms with E-state index in [1.165, 1.54) is 30.7 Å². The number of likely N-dealkylation sites (N-methyl/N-ethyl adjacent to an activating group) is 1. The van der Waals surface area contributed by atoms with E-state index in [1.54, 1.807) is 7.05 Å². The van der Waals surface area contributed by atoms with Crippen LogP contribution in [0.15, 0.2) is 102 Å². The van der Waals surface area contributed by atoms with E-state index in [1.807, 2.05) is 55.4 Å². The van der Waals surface area contributed by atoms with Gasteiger partial charge >= 0.3 is 6.18 Å². The van der Waals surface area contributed by atoms with Gasteiger partial charge in [-0.1, -0.05) is 25.3 Å². The van der Waals surface area contributed by atoms with Crippen molar-refractivity contribution in [2.24, 2.45) is 10.7 Å². The maximum Gasteiger partial charge on any atom is 0.411 e. The molecule has 1 heterocycles. The summed E-state index contributed by atoms with van der Waals surface area (Å²) in [5, 5.41) is 9.44. The number of alkyl halides is 3. The third-order valence-corrected chi connectivity index (χ3v) is 5.37. The van der Waals surface area contributed by atoms with Gasteiger partial charge in [0.2, 0.25) is 5.95 Å². The number of benzene rings is 2. The maximum atomic E-state index is 14.0. The molecule has 3 aromatic rings. The second kappa shape index (κ2) is 16.6. The minimum atomic E-state index is -4.19. The van der Waals surface area contributed by atoms with E-state index < -0.39 is 23.4 Å². The Bertz CT molecular complexity index is 1510. The predicted molar refractivity (Wildman–Crippen MR) is 169 cm³/mol. The van der Waals surface area contributed by atoms with Crippen LogP contribution < -0.4 is 21.7 Å². The Kier molecular flexibility index (Phi) is 13.2. The Morgan fingerprint density at radius 2 is 1.68 bits per heavy atom. The molecule has 44 heavy (non-hydrogen) atoms. The van der Waals surface area contributed by atoms with Crippen LogP contribution in [0.1, 0.15) is 6.92 Å². The van der Waals surface area contributed by atoms with Gasteiger partial charge in [0, 0.05) is 66.5 Å². The first-order valence-corrected chi connectivity index (χ1v) is 13.0. The first-order chi connectivity index (χ1) is 20.7. The fourth-order valence-electron chi connectivity index (χ4n) is 3.29. The second-order valence-electron chi connectivity index (χ2n) is 9.55. The average Bonchev–Trinajstić information content (AvgIpc) is 2.92. The van der Waals surface area contributed by atoms with Gasteiger partial charge in [0.15, 0.2) is 0 Å². The first kappa shape index (κ1) is 35.2. The number of aliphatic imine (C=N–C) groups is 1. The van der Waals surface area contributed by atoms with Gasteiger partial charge in [-0.25, -0.2) is 13.8 Å². The molecule has 5 N–H and O–H groups in total. The maximum absolute atomic E-state index is 14.0. The molecule has 3 rings (SSSR count). The van der Waals surface area contributed by atoms with Crippen LogP contribution >= 0.6 is 0 Å². The lowest BCUT2D eigenvalue weighted by molar-refractivity contribution is -0.0909. The SMILES string of the molecule is C=C(/C=C/CN(C)C)Nc1cccc(Nc2nc(N/C(C=NC)=C/N)ncc2-c2cc(F)cc(F)c2)c1.C=C(C)C(F)(F)F. The molecule has 0 saturated carbocycles. The average molecular weight is 615 g/mol. The lowest BCUT2D eigenvalue weighted by atomic mass is 10.1. The van der Waals surface area contributed by atoms with Crippen LogP contribution in [0.2, 0.25) is 0 Å². The highest BCUT2D eigenvalue weighted by atomic mass is 19.4. The van der Waals surface area contributed by atoms with E-state index in [0.29, 0.717) is 22.8 Å². The predicted octanol–water partition coefficient (Wildman–Crippen LogP) is 7.25. The summed E-state index contributed by atoms with van der Waals surface area (Å²) in [4.78, 5) is 14.8. The molecule has 0 aliphatic heterocycles. The Labute approximate surface area is 253 Å². The molecule has 0 saturated heterocycles. The zero-order chi connectivity index (χ0) is 32.9. The van der Waals surface area contributed by atoms with E-state index in [-0.39, 0.29) is 11.5 Å². The monoisotopic (exact) mass is 614 g/mol. The standard InChI is InChI=1S/C27H30F2N8.C4H5F3/c1-18(7-6-10-37(3)4)33-22-8-5-9-23(14-22)34-26-25(19-11-20(28)13-21(29)12-19)17-32-27(36-26)35-24(15-30)16-31-2;1-3(2)4(5,6)7/h5-9,11-17,33H,1,10,30H2,2-4H3,(H2,32,34,35,36);1H2,2H3/b7-6+,24-15+,31-16?;. The van der Waals surface area contributed by atoms with Crippen LogP contribution in [0, 0.1) is 11.6 Å². The van der Waals surface area contributed by atoms with Crippen LogP contribution in [0.3, 0.4) is 0 Å². The first-order valence-electron chi connectivity index (χ1n) is 13.0. The summed E-state index contributed by atoms with van der Waals surface area (Å²) in [6.07, 6.45) is 4.03. The highest BCUT2D eigenvalue weighted by Crippen LogP contribution is 2.31. The van der Waals surface area contributed by atoms with Crippen LogP contribution in [0.4, 0.5) is 45.1 Å². The molecule has 0 aliphatic carbocycles. The zero-order valence-electron chi connectivity index (χ0n) is 24.8. The summed E-state index contributed by atoms with van der Waals surface area (Å²) in [5.74, 6) is -0.868. The van der Waals surface area contributed by atoms with Crippen molar-refractivity contribution in [1.82, 2.24) is 14.9 Å². The van der Waals surface area contributed by atoms with Crippen molar-refractivity contribution < 1.29 is 22.0 Å². The van der Waals surface area contributed by atoms with Crippen molar-refractivity contribution in [2.45, 2.75) is 13.1 Å². The highest BCUT2D eigenvalue weighted by molar-refractivity contribution is 5.83. The Morgan fingerprint density at radius 1 is 1.05 bits per heavy atom. The van der Waals surface area contributed by atoms with Crippen molar-refractivity contribution in [3.05, 3.63) is 109 Å². The molecular formula is C31H35F5N8. The molecule has 2 aromatic carbocycles. The molecular weight excluding hydrogens is 579 g/mol. The van der Waals surface area contributed by atoms with Crippen molar-refractivity contribution in [3.8, 4) is 11.1 Å². The number of hydrogen-bond donors (Lipinski definition) is 4. The van der Waals surface area contributed by atoms with E-state index in [4.69, 9.17) is 5.73 Å². The van der Waals surface area contributed by atoms with Crippen LogP contribution in [0.5, 0.6) is 0 Å². The quantitative estimate of drug-likeness (QED) is 0.0781. The molecule has 0 atom stereocenters. The van der Waals surface area contributed by atoms with Crippen molar-refractivity contribution in [1.29, 1.82) is 0 Å². The van der Waals surface area contributed by atoms with Crippen molar-refractivity contribution >= 4 is 29.4 Å². The number of anilines is 4. The Hall–Kier alpha value is -5.04. The van der Waals surface area contributed by atoms with Gasteiger partial charge in [-0.15, -0.1) is 0 Å². The third-order valence-electron chi connectivity index (χ3n) is 5.37. The number of allylic oxidation sites excluding steroid dienone is 3. The molecule has 0 amide bonds. The smallest absolute Gasteiger partial charge is 0.403 e. The molecule has 0 aliphatic rings. The van der Waals surface area contributed by atoms with Crippen LogP contribution in [-0.4, -0.2) is 54.9 Å². The largest absolute Gasteiger partial charge is 0.411 e. The molecule has 0 fully saturated rings. The van der Waals surface area contributed by atoms with Gasteiger partial charge in [0.05, 0.1) is 5.70 Å². The molecule has 8 nitrogen and oxygen atoms in total. The minimum absolute atomic E-state index is 0.216. The van der Waals surface area contributed by atoms with Crippen LogP contribution in [0.25, 0.3) is 11.1 Å². The summed E-state index contributed by atoms with van der Waals surface area (Å²) in [5.41, 5.74) is 8.24. The molecule has 0 unspecified atom stereocenters. The van der Waals surface area contributed by atoms with Gasteiger partial charge in [0.1, 0.15) is 17.5 Å². The molecule has 234 valence electrons. The highest BCUT2D eigenvalue weighted by Gasteiger charge is 2.27. The summed E-state index contributed by atoms with van der Waals surface area (Å²) in [6, 6.07) is 10.7. The summed E-state index contributed by atoms with van der Waals surface area (Å²) >= 11 is 0. The number of nitrogens with zero attached hydrogens (tertiary/aromatic N) is 4. The summed E-state index contributed by atoms with van der Waals surface area (Å²) in [6.45, 7) is 8.45. The van der Waals surface area contributed by atoms with E-state index in [0.717, 1.165) is 30.9 Å². The topological polar surface area (TPSA) is 103 Å². The zero-order valence-corrected chi connectivity index (χ0v) is 24.8. The van der Waals surface area contributed by atoms with E-state index in [2.05, 4.69) is 44.1 Å². The van der Waals surface area contributed by atoms with E-state index >= 15 is 0 Å². The fraction of sp³-hybridized carbons (Fsp3) is 0.194. The van der Waals surface area contributed by atoms with Gasteiger partial charge in [-0.05, 0) is 63.0 Å². The number of halogens is 5. The normalized spacial score (nSPS) is 11.8. The summed E-state index contributed by atoms with van der Waals surface area (Å²) < 4.78 is 61.2. The van der Waals surface area contributed by atoms with Gasteiger partial charge in [0.25, 0.3) is 0 Å². The molecule has 13 heteroatoms. The lowest BCUT2D eigenvalue weighted by Crippen LogP contribution is -2.10. The number of hydrogen-bond acceptors (Lipinski definition) is 8. The second-order valence-corrected chi connectivity index (χ2v) is 9.55. The molecule has 1 aromatic heterocycles. The van der Waals surface area contributed by atoms with Gasteiger partial charge < -0.3 is 26.6 Å². The number of rotatable bonds is 11. The van der Waals surface area contributed by atoms with Crippen molar-refractivity contribution in [3.63, 3.8) is 0 Å². The minimum Gasteiger partial charge on any atom is -0.403 e. The fourth-order valence-corrected chi connectivity index (χ4v) is 3.29.